The molecule has 3 rings (SSSR count). The molecule has 0 atom stereocenters. The molecule has 0 unspecified atom stereocenters. The van der Waals surface area contributed by atoms with Crippen molar-refractivity contribution in [3.8, 4) is 17.0 Å². The summed E-state index contributed by atoms with van der Waals surface area (Å²) in [7, 11) is 0. The van der Waals surface area contributed by atoms with Crippen LogP contribution in [0.4, 0.5) is 17.5 Å². The van der Waals surface area contributed by atoms with Crippen molar-refractivity contribution in [3.05, 3.63) is 54.9 Å². The summed E-state index contributed by atoms with van der Waals surface area (Å²) in [6.07, 6.45) is 3.46. The second-order valence-corrected chi connectivity index (χ2v) is 5.67. The summed E-state index contributed by atoms with van der Waals surface area (Å²) in [4.78, 5) is 13.1. The predicted octanol–water partition coefficient (Wildman–Crippen LogP) is 3.81. The Morgan fingerprint density at radius 1 is 1.00 bits per heavy atom. The molecular formula is C18H19N5O. The highest BCUT2D eigenvalue weighted by atomic mass is 16.3. The molecule has 2 heterocycles. The predicted molar refractivity (Wildman–Crippen MR) is 95.4 cm³/mol. The minimum atomic E-state index is 0.198. The van der Waals surface area contributed by atoms with Gasteiger partial charge in [-0.1, -0.05) is 6.07 Å². The number of phenols is 1. The van der Waals surface area contributed by atoms with Gasteiger partial charge in [-0.2, -0.15) is 4.98 Å². The first-order chi connectivity index (χ1) is 11.6. The molecule has 0 aliphatic heterocycles. The van der Waals surface area contributed by atoms with Gasteiger partial charge in [0.2, 0.25) is 5.95 Å². The van der Waals surface area contributed by atoms with Crippen molar-refractivity contribution in [2.45, 2.75) is 19.9 Å². The van der Waals surface area contributed by atoms with Gasteiger partial charge in [0.05, 0.1) is 5.69 Å². The van der Waals surface area contributed by atoms with E-state index in [1.807, 2.05) is 38.1 Å². The zero-order chi connectivity index (χ0) is 16.9. The van der Waals surface area contributed by atoms with Crippen molar-refractivity contribution in [2.75, 3.05) is 10.6 Å². The average Bonchev–Trinajstić information content (AvgIpc) is 2.55. The van der Waals surface area contributed by atoms with Gasteiger partial charge < -0.3 is 15.7 Å². The van der Waals surface area contributed by atoms with Gasteiger partial charge in [-0.05, 0) is 38.1 Å². The molecule has 0 fully saturated rings. The number of phenolic OH excluding ortho intramolecular Hbond substituents is 1. The first kappa shape index (κ1) is 15.7. The van der Waals surface area contributed by atoms with E-state index in [0.29, 0.717) is 11.8 Å². The Kier molecular flexibility index (Phi) is 4.56. The van der Waals surface area contributed by atoms with Gasteiger partial charge in [0, 0.05) is 41.8 Å². The van der Waals surface area contributed by atoms with Crippen molar-refractivity contribution in [1.82, 2.24) is 15.0 Å². The minimum Gasteiger partial charge on any atom is -0.508 e. The Balaban J connectivity index is 1.98. The van der Waals surface area contributed by atoms with Crippen LogP contribution in [0.15, 0.2) is 54.9 Å². The number of pyridine rings is 1. The highest BCUT2D eigenvalue weighted by Crippen LogP contribution is 2.24. The first-order valence-corrected chi connectivity index (χ1v) is 7.72. The van der Waals surface area contributed by atoms with Crippen LogP contribution in [0.25, 0.3) is 11.3 Å². The SMILES string of the molecule is CC(C)Nc1nc(Nc2cccc(O)c2)cc(-c2ccncc2)n1. The third-order valence-electron chi connectivity index (χ3n) is 3.24. The summed E-state index contributed by atoms with van der Waals surface area (Å²) in [6.45, 7) is 4.07. The zero-order valence-electron chi connectivity index (χ0n) is 13.6. The molecule has 6 heteroatoms. The second kappa shape index (κ2) is 6.95. The Labute approximate surface area is 140 Å². The minimum absolute atomic E-state index is 0.198. The van der Waals surface area contributed by atoms with Crippen molar-refractivity contribution in [1.29, 1.82) is 0 Å². The normalized spacial score (nSPS) is 10.6. The van der Waals surface area contributed by atoms with Crippen molar-refractivity contribution < 1.29 is 5.11 Å². The third kappa shape index (κ3) is 3.98. The fraction of sp³-hybridized carbons (Fsp3) is 0.167. The van der Waals surface area contributed by atoms with Crippen molar-refractivity contribution in [3.63, 3.8) is 0 Å². The molecule has 0 saturated carbocycles. The van der Waals surface area contributed by atoms with Gasteiger partial charge in [-0.25, -0.2) is 4.98 Å². The highest BCUT2D eigenvalue weighted by molar-refractivity contribution is 5.67. The molecule has 3 N–H and O–H groups in total. The molecule has 0 bridgehead atoms. The lowest BCUT2D eigenvalue weighted by Gasteiger charge is -2.13. The monoisotopic (exact) mass is 321 g/mol. The fourth-order valence-electron chi connectivity index (χ4n) is 2.24. The van der Waals surface area contributed by atoms with Crippen molar-refractivity contribution >= 4 is 17.5 Å². The van der Waals surface area contributed by atoms with Gasteiger partial charge in [0.15, 0.2) is 0 Å². The van der Waals surface area contributed by atoms with Crippen LogP contribution in [-0.4, -0.2) is 26.1 Å². The quantitative estimate of drug-likeness (QED) is 0.663. The molecule has 0 amide bonds. The standard InChI is InChI=1S/C18H19N5O/c1-12(2)20-18-22-16(13-6-8-19-9-7-13)11-17(23-18)21-14-4-3-5-15(24)10-14/h3-12,24H,1-2H3,(H2,20,21,22,23). The van der Waals surface area contributed by atoms with E-state index in [1.54, 1.807) is 30.6 Å². The molecule has 3 aromatic rings. The Morgan fingerprint density at radius 2 is 1.79 bits per heavy atom. The number of benzene rings is 1. The molecule has 1 aromatic carbocycles. The van der Waals surface area contributed by atoms with Gasteiger partial charge in [0.1, 0.15) is 11.6 Å². The summed E-state index contributed by atoms with van der Waals surface area (Å²) < 4.78 is 0. The Bertz CT molecular complexity index is 821. The second-order valence-electron chi connectivity index (χ2n) is 5.67. The van der Waals surface area contributed by atoms with Crippen molar-refractivity contribution in [2.24, 2.45) is 0 Å². The van der Waals surface area contributed by atoms with E-state index in [2.05, 4.69) is 25.6 Å². The van der Waals surface area contributed by atoms with E-state index in [9.17, 15) is 5.11 Å². The maximum atomic E-state index is 9.61. The first-order valence-electron chi connectivity index (χ1n) is 7.72. The van der Waals surface area contributed by atoms with Crippen LogP contribution in [0.2, 0.25) is 0 Å². The summed E-state index contributed by atoms with van der Waals surface area (Å²) in [5, 5.41) is 16.0. The molecule has 0 spiro atoms. The molecule has 2 aromatic heterocycles. The summed E-state index contributed by atoms with van der Waals surface area (Å²) >= 11 is 0. The lowest BCUT2D eigenvalue weighted by molar-refractivity contribution is 0.475. The van der Waals surface area contributed by atoms with Crippen LogP contribution in [0.3, 0.4) is 0 Å². The van der Waals surface area contributed by atoms with Gasteiger partial charge in [0.25, 0.3) is 0 Å². The van der Waals surface area contributed by atoms with E-state index in [4.69, 9.17) is 0 Å². The molecule has 0 aliphatic carbocycles. The summed E-state index contributed by atoms with van der Waals surface area (Å²) in [5.41, 5.74) is 2.50. The maximum Gasteiger partial charge on any atom is 0.225 e. The molecule has 122 valence electrons. The topological polar surface area (TPSA) is 83.0 Å². The van der Waals surface area contributed by atoms with Crippen LogP contribution in [-0.2, 0) is 0 Å². The Morgan fingerprint density at radius 3 is 2.50 bits per heavy atom. The lowest BCUT2D eigenvalue weighted by atomic mass is 10.2. The fourth-order valence-corrected chi connectivity index (χ4v) is 2.24. The van der Waals surface area contributed by atoms with Gasteiger partial charge in [-0.15, -0.1) is 0 Å². The lowest BCUT2D eigenvalue weighted by Crippen LogP contribution is -2.13. The molecule has 0 aliphatic rings. The Hall–Kier alpha value is -3.15. The van der Waals surface area contributed by atoms with E-state index in [-0.39, 0.29) is 11.8 Å². The van der Waals surface area contributed by atoms with E-state index in [1.165, 1.54) is 0 Å². The summed E-state index contributed by atoms with van der Waals surface area (Å²) in [6, 6.07) is 12.8. The smallest absolute Gasteiger partial charge is 0.225 e. The van der Waals surface area contributed by atoms with Crippen LogP contribution in [0.5, 0.6) is 5.75 Å². The third-order valence-corrected chi connectivity index (χ3v) is 3.24. The number of nitrogens with zero attached hydrogens (tertiary/aromatic N) is 3. The molecular weight excluding hydrogens is 302 g/mol. The van der Waals surface area contributed by atoms with Gasteiger partial charge in [-0.3, -0.25) is 4.98 Å². The molecule has 6 nitrogen and oxygen atoms in total. The van der Waals surface area contributed by atoms with E-state index < -0.39 is 0 Å². The number of hydrogen-bond acceptors (Lipinski definition) is 6. The molecule has 0 saturated heterocycles. The van der Waals surface area contributed by atoms with Gasteiger partial charge >= 0.3 is 0 Å². The van der Waals surface area contributed by atoms with Crippen LogP contribution < -0.4 is 10.6 Å². The number of rotatable bonds is 5. The van der Waals surface area contributed by atoms with Crippen LogP contribution >= 0.6 is 0 Å². The number of hydrogen-bond donors (Lipinski definition) is 3. The molecule has 24 heavy (non-hydrogen) atoms. The van der Waals surface area contributed by atoms with E-state index >= 15 is 0 Å². The highest BCUT2D eigenvalue weighted by Gasteiger charge is 2.08. The largest absolute Gasteiger partial charge is 0.508 e. The number of nitrogens with one attached hydrogen (secondary N) is 2. The zero-order valence-corrected chi connectivity index (χ0v) is 13.6. The number of anilines is 3. The summed E-state index contributed by atoms with van der Waals surface area (Å²) in [5.74, 6) is 1.39. The number of aromatic hydroxyl groups is 1. The average molecular weight is 321 g/mol. The maximum absolute atomic E-state index is 9.61. The molecule has 0 radical (unpaired) electrons. The van der Waals surface area contributed by atoms with E-state index in [0.717, 1.165) is 16.9 Å². The van der Waals surface area contributed by atoms with Crippen LogP contribution in [0, 0.1) is 0 Å². The van der Waals surface area contributed by atoms with Crippen LogP contribution in [0.1, 0.15) is 13.8 Å². The number of aromatic nitrogens is 3.